The Morgan fingerprint density at radius 3 is 2.95 bits per heavy atom. The summed E-state index contributed by atoms with van der Waals surface area (Å²) >= 11 is 0. The molecule has 0 spiro atoms. The van der Waals surface area contributed by atoms with Crippen LogP contribution < -0.4 is 5.32 Å². The van der Waals surface area contributed by atoms with Crippen molar-refractivity contribution in [2.24, 2.45) is 5.92 Å². The molecular weight excluding hydrogens is 264 g/mol. The fraction of sp³-hybridized carbons (Fsp3) is 0.375. The summed E-state index contributed by atoms with van der Waals surface area (Å²) in [5.41, 5.74) is 2.53. The molecule has 1 N–H and O–H groups in total. The Balaban J connectivity index is 1.87. The van der Waals surface area contributed by atoms with Gasteiger partial charge in [0.25, 0.3) is 0 Å². The minimum Gasteiger partial charge on any atom is -0.343 e. The topological polar surface area (TPSA) is 55.9 Å². The molecule has 3 rings (SSSR count). The first-order valence-corrected chi connectivity index (χ1v) is 7.26. The van der Waals surface area contributed by atoms with Crippen molar-refractivity contribution in [3.63, 3.8) is 0 Å². The quantitative estimate of drug-likeness (QED) is 0.756. The maximum absolute atomic E-state index is 4.81. The van der Waals surface area contributed by atoms with E-state index in [9.17, 15) is 0 Å². The second kappa shape index (κ2) is 6.10. The van der Waals surface area contributed by atoms with Crippen molar-refractivity contribution in [1.29, 1.82) is 0 Å². The average Bonchev–Trinajstić information content (AvgIpc) is 3.10. The van der Waals surface area contributed by atoms with E-state index in [4.69, 9.17) is 4.52 Å². The molecule has 0 bridgehead atoms. The third-order valence-electron chi connectivity index (χ3n) is 3.46. The number of rotatable bonds is 6. The van der Waals surface area contributed by atoms with Crippen LogP contribution in [0.4, 0.5) is 0 Å². The monoisotopic (exact) mass is 284 g/mol. The van der Waals surface area contributed by atoms with Crippen LogP contribution in [0.1, 0.15) is 25.2 Å². The normalized spacial score (nSPS) is 11.6. The zero-order chi connectivity index (χ0) is 14.7. The van der Waals surface area contributed by atoms with Gasteiger partial charge in [0, 0.05) is 12.7 Å². The van der Waals surface area contributed by atoms with Crippen LogP contribution in [-0.4, -0.2) is 21.3 Å². The van der Waals surface area contributed by atoms with Crippen molar-refractivity contribution in [2.75, 3.05) is 6.54 Å². The summed E-state index contributed by atoms with van der Waals surface area (Å²) in [5, 5.41) is 8.63. The van der Waals surface area contributed by atoms with Gasteiger partial charge in [-0.15, -0.1) is 0 Å². The number of aromatic nitrogens is 3. The first kappa shape index (κ1) is 13.8. The van der Waals surface area contributed by atoms with Crippen LogP contribution in [0, 0.1) is 5.92 Å². The van der Waals surface area contributed by atoms with Crippen LogP contribution in [0.25, 0.3) is 10.9 Å². The van der Waals surface area contributed by atoms with E-state index in [1.807, 2.05) is 0 Å². The summed E-state index contributed by atoms with van der Waals surface area (Å²) in [4.78, 5) is 4.10. The summed E-state index contributed by atoms with van der Waals surface area (Å²) in [5.74, 6) is 1.34. The second-order valence-electron chi connectivity index (χ2n) is 5.67. The van der Waals surface area contributed by atoms with Gasteiger partial charge < -0.3 is 14.4 Å². The number of benzene rings is 1. The summed E-state index contributed by atoms with van der Waals surface area (Å²) in [6, 6.07) is 8.53. The molecule has 0 atom stereocenters. The van der Waals surface area contributed by atoms with Gasteiger partial charge in [0.05, 0.1) is 12.1 Å². The molecule has 3 aromatic rings. The van der Waals surface area contributed by atoms with E-state index in [0.29, 0.717) is 18.3 Å². The Morgan fingerprint density at radius 1 is 1.29 bits per heavy atom. The van der Waals surface area contributed by atoms with E-state index in [0.717, 1.165) is 13.1 Å². The lowest BCUT2D eigenvalue weighted by molar-refractivity contribution is 0.408. The van der Waals surface area contributed by atoms with Gasteiger partial charge in [-0.05, 0) is 29.5 Å². The van der Waals surface area contributed by atoms with Gasteiger partial charge in [-0.2, -0.15) is 4.98 Å². The maximum atomic E-state index is 4.81. The molecule has 5 heteroatoms. The van der Waals surface area contributed by atoms with Gasteiger partial charge in [-0.3, -0.25) is 0 Å². The molecule has 0 saturated carbocycles. The fourth-order valence-corrected chi connectivity index (χ4v) is 2.53. The molecule has 21 heavy (non-hydrogen) atoms. The van der Waals surface area contributed by atoms with Gasteiger partial charge in [-0.25, -0.2) is 0 Å². The van der Waals surface area contributed by atoms with Gasteiger partial charge in [-0.1, -0.05) is 37.2 Å². The molecular formula is C16H20N4O. The van der Waals surface area contributed by atoms with E-state index in [1.165, 1.54) is 22.9 Å². The maximum Gasteiger partial charge on any atom is 0.213 e. The molecule has 0 aliphatic heterocycles. The van der Waals surface area contributed by atoms with Crippen LogP contribution in [0.15, 0.2) is 41.4 Å². The van der Waals surface area contributed by atoms with E-state index in [-0.39, 0.29) is 0 Å². The Hall–Kier alpha value is -2.14. The highest BCUT2D eigenvalue weighted by Crippen LogP contribution is 2.21. The molecule has 0 radical (unpaired) electrons. The fourth-order valence-electron chi connectivity index (χ4n) is 2.53. The summed E-state index contributed by atoms with van der Waals surface area (Å²) in [6.07, 6.45) is 3.44. The average molecular weight is 284 g/mol. The summed E-state index contributed by atoms with van der Waals surface area (Å²) in [6.45, 7) is 6.94. The number of nitrogens with zero attached hydrogens (tertiary/aromatic N) is 3. The van der Waals surface area contributed by atoms with E-state index in [2.05, 4.69) is 64.3 Å². The largest absolute Gasteiger partial charge is 0.343 e. The highest BCUT2D eigenvalue weighted by atomic mass is 16.5. The number of nitrogens with one attached hydrogen (secondary N) is 1. The smallest absolute Gasteiger partial charge is 0.213 e. The predicted molar refractivity (Wildman–Crippen MR) is 81.9 cm³/mol. The lowest BCUT2D eigenvalue weighted by Gasteiger charge is -2.11. The summed E-state index contributed by atoms with van der Waals surface area (Å²) in [7, 11) is 0. The van der Waals surface area contributed by atoms with Crippen LogP contribution in [0.5, 0.6) is 0 Å². The molecule has 2 aromatic heterocycles. The molecule has 0 unspecified atom stereocenters. The minimum absolute atomic E-state index is 0.626. The standard InChI is InChI=1S/C16H20N4O/c1-12(2)8-17-9-14-5-3-4-13-6-7-20(16(13)14)10-15-18-11-21-19-15/h3-7,11-12,17H,8-10H2,1-2H3. The van der Waals surface area contributed by atoms with Gasteiger partial charge in [0.2, 0.25) is 6.39 Å². The van der Waals surface area contributed by atoms with Crippen LogP contribution in [-0.2, 0) is 13.1 Å². The number of hydrogen-bond donors (Lipinski definition) is 1. The van der Waals surface area contributed by atoms with Gasteiger partial charge >= 0.3 is 0 Å². The molecule has 0 fully saturated rings. The highest BCUT2D eigenvalue weighted by Gasteiger charge is 2.09. The predicted octanol–water partition coefficient (Wildman–Crippen LogP) is 2.82. The molecule has 0 amide bonds. The van der Waals surface area contributed by atoms with E-state index < -0.39 is 0 Å². The third kappa shape index (κ3) is 3.13. The van der Waals surface area contributed by atoms with E-state index in [1.54, 1.807) is 0 Å². The van der Waals surface area contributed by atoms with Gasteiger partial charge in [0.15, 0.2) is 5.82 Å². The zero-order valence-electron chi connectivity index (χ0n) is 12.4. The second-order valence-corrected chi connectivity index (χ2v) is 5.67. The number of fused-ring (bicyclic) bond motifs is 1. The van der Waals surface area contributed by atoms with Gasteiger partial charge in [0.1, 0.15) is 0 Å². The molecule has 110 valence electrons. The van der Waals surface area contributed by atoms with Crippen molar-refractivity contribution in [3.8, 4) is 0 Å². The molecule has 5 nitrogen and oxygen atoms in total. The molecule has 0 aliphatic carbocycles. The Bertz CT molecular complexity index is 700. The molecule has 0 aliphatic rings. The highest BCUT2D eigenvalue weighted by molar-refractivity contribution is 5.83. The van der Waals surface area contributed by atoms with Crippen LogP contribution in [0.3, 0.4) is 0 Å². The molecule has 1 aromatic carbocycles. The number of para-hydroxylation sites is 1. The van der Waals surface area contributed by atoms with Crippen molar-refractivity contribution in [3.05, 3.63) is 48.2 Å². The van der Waals surface area contributed by atoms with Crippen molar-refractivity contribution in [1.82, 2.24) is 20.0 Å². The van der Waals surface area contributed by atoms with Crippen LogP contribution in [0.2, 0.25) is 0 Å². The van der Waals surface area contributed by atoms with Crippen molar-refractivity contribution in [2.45, 2.75) is 26.9 Å². The Kier molecular flexibility index (Phi) is 4.01. The first-order chi connectivity index (χ1) is 10.2. The Morgan fingerprint density at radius 2 is 2.19 bits per heavy atom. The third-order valence-corrected chi connectivity index (χ3v) is 3.46. The SMILES string of the molecule is CC(C)CNCc1cccc2ccn(Cc3ncon3)c12. The van der Waals surface area contributed by atoms with Crippen molar-refractivity contribution >= 4 is 10.9 Å². The van der Waals surface area contributed by atoms with Crippen molar-refractivity contribution < 1.29 is 4.52 Å². The lowest BCUT2D eigenvalue weighted by Crippen LogP contribution is -2.19. The van der Waals surface area contributed by atoms with E-state index >= 15 is 0 Å². The minimum atomic E-state index is 0.626. The number of hydrogen-bond acceptors (Lipinski definition) is 4. The zero-order valence-corrected chi connectivity index (χ0v) is 12.4. The summed E-state index contributed by atoms with van der Waals surface area (Å²) < 4.78 is 6.98. The lowest BCUT2D eigenvalue weighted by atomic mass is 10.1. The molecule has 0 saturated heterocycles. The van der Waals surface area contributed by atoms with Crippen LogP contribution >= 0.6 is 0 Å². The Labute approximate surface area is 124 Å². The first-order valence-electron chi connectivity index (χ1n) is 7.26. The molecule has 2 heterocycles.